The van der Waals surface area contributed by atoms with E-state index in [2.05, 4.69) is 26.0 Å². The van der Waals surface area contributed by atoms with Crippen LogP contribution in [-0.4, -0.2) is 0 Å². The number of hydrogen-bond acceptors (Lipinski definition) is 0. The van der Waals surface area contributed by atoms with Crippen molar-refractivity contribution in [1.82, 2.24) is 0 Å². The van der Waals surface area contributed by atoms with Crippen LogP contribution in [0.2, 0.25) is 0 Å². The maximum atomic E-state index is 3.91. The molecule has 0 fully saturated rings. The zero-order chi connectivity index (χ0) is 21.8. The second kappa shape index (κ2) is 28.7. The fraction of sp³-hybridized carbons (Fsp3) is 0.867. The Morgan fingerprint density at radius 2 is 0.467 bits per heavy atom. The van der Waals surface area contributed by atoms with Crippen LogP contribution in [0.15, 0.2) is 12.2 Å². The van der Waals surface area contributed by atoms with Crippen LogP contribution in [0.1, 0.15) is 167 Å². The smallest absolute Gasteiger partial charge is 0.0351 e. The van der Waals surface area contributed by atoms with Crippen LogP contribution in [0.3, 0.4) is 0 Å². The van der Waals surface area contributed by atoms with Crippen molar-refractivity contribution in [2.75, 3.05) is 0 Å². The largest absolute Gasteiger partial charge is 0.0885 e. The van der Waals surface area contributed by atoms with Gasteiger partial charge in [-0.05, 0) is 25.7 Å². The van der Waals surface area contributed by atoms with Gasteiger partial charge >= 0.3 is 0 Å². The topological polar surface area (TPSA) is 0 Å². The van der Waals surface area contributed by atoms with E-state index in [1.54, 1.807) is 0 Å². The molecule has 0 aromatic rings. The molecule has 178 valence electrons. The first kappa shape index (κ1) is 29.7. The first-order valence-electron chi connectivity index (χ1n) is 14.1. The Balaban J connectivity index is 3.05. The van der Waals surface area contributed by atoms with E-state index >= 15 is 0 Å². The fourth-order valence-corrected chi connectivity index (χ4v) is 4.30. The van der Waals surface area contributed by atoms with E-state index in [1.807, 2.05) is 0 Å². The quantitative estimate of drug-likeness (QED) is 0.0967. The van der Waals surface area contributed by atoms with Crippen molar-refractivity contribution in [1.29, 1.82) is 0 Å². The van der Waals surface area contributed by atoms with Gasteiger partial charge in [-0.15, -0.1) is 0 Å². The predicted molar refractivity (Wildman–Crippen MR) is 140 cm³/mol. The van der Waals surface area contributed by atoms with Gasteiger partial charge in [0, 0.05) is 0 Å². The van der Waals surface area contributed by atoms with Crippen LogP contribution in [0.25, 0.3) is 0 Å². The molecule has 0 heteroatoms. The molecule has 0 aliphatic carbocycles. The van der Waals surface area contributed by atoms with Crippen molar-refractivity contribution in [3.05, 3.63) is 26.0 Å². The van der Waals surface area contributed by atoms with Crippen LogP contribution in [0.5, 0.6) is 0 Å². The van der Waals surface area contributed by atoms with Crippen molar-refractivity contribution in [2.45, 2.75) is 167 Å². The third-order valence-corrected chi connectivity index (χ3v) is 6.41. The molecule has 0 rings (SSSR count). The summed E-state index contributed by atoms with van der Waals surface area (Å²) in [6.45, 7) is 7.82. The summed E-state index contributed by atoms with van der Waals surface area (Å²) < 4.78 is 0. The standard InChI is InChI=1S/C30H58/c1-3-5-7-9-11-13-15-17-19-21-23-25-27-29-30-28-26-24-22-20-18-16-14-12-10-8-6-4-2/h23,25H,1-22,24,26-30H2. The summed E-state index contributed by atoms with van der Waals surface area (Å²) in [5.41, 5.74) is 0. The van der Waals surface area contributed by atoms with Crippen LogP contribution < -0.4 is 0 Å². The molecule has 0 aromatic carbocycles. The Kier molecular flexibility index (Phi) is 28.5. The van der Waals surface area contributed by atoms with Crippen LogP contribution >= 0.6 is 0 Å². The number of hydrogen-bond donors (Lipinski definition) is 0. The minimum Gasteiger partial charge on any atom is -0.0885 e. The fourth-order valence-electron chi connectivity index (χ4n) is 4.30. The molecular formula is C30H58. The van der Waals surface area contributed by atoms with E-state index in [0.29, 0.717) is 0 Å². The van der Waals surface area contributed by atoms with E-state index in [0.717, 1.165) is 12.8 Å². The van der Waals surface area contributed by atoms with Crippen molar-refractivity contribution in [3.8, 4) is 0 Å². The van der Waals surface area contributed by atoms with Gasteiger partial charge in [0.15, 0.2) is 0 Å². The van der Waals surface area contributed by atoms with Crippen molar-refractivity contribution in [2.24, 2.45) is 0 Å². The Labute approximate surface area is 193 Å². The Bertz CT molecular complexity index is 303. The SMILES string of the molecule is [CH2]CCCCCCCCCCC=CCCCCCCCCCCCCCCCC[CH2]. The molecule has 0 amide bonds. The Morgan fingerprint density at radius 3 is 0.700 bits per heavy atom. The highest BCUT2D eigenvalue weighted by Gasteiger charge is 1.94. The summed E-state index contributed by atoms with van der Waals surface area (Å²) in [6, 6.07) is 0. The molecule has 0 N–H and O–H groups in total. The molecule has 0 bridgehead atoms. The lowest BCUT2D eigenvalue weighted by Crippen LogP contribution is -1.83. The molecule has 0 spiro atoms. The highest BCUT2D eigenvalue weighted by molar-refractivity contribution is 4.81. The lowest BCUT2D eigenvalue weighted by atomic mass is 10.0. The molecule has 0 aromatic heterocycles. The Morgan fingerprint density at radius 1 is 0.267 bits per heavy atom. The van der Waals surface area contributed by atoms with Gasteiger partial charge in [0.1, 0.15) is 0 Å². The zero-order valence-electron chi connectivity index (χ0n) is 21.0. The van der Waals surface area contributed by atoms with E-state index in [4.69, 9.17) is 0 Å². The minimum atomic E-state index is 1.12. The summed E-state index contributed by atoms with van der Waals surface area (Å²) in [6.07, 6.45) is 41.2. The van der Waals surface area contributed by atoms with Crippen molar-refractivity contribution >= 4 is 0 Å². The number of unbranched alkanes of at least 4 members (excludes halogenated alkanes) is 24. The van der Waals surface area contributed by atoms with Crippen LogP contribution in [-0.2, 0) is 0 Å². The van der Waals surface area contributed by atoms with Crippen molar-refractivity contribution in [3.63, 3.8) is 0 Å². The molecule has 2 radical (unpaired) electrons. The van der Waals surface area contributed by atoms with Gasteiger partial charge in [0.05, 0.1) is 0 Å². The highest BCUT2D eigenvalue weighted by atomic mass is 14.0. The van der Waals surface area contributed by atoms with Gasteiger partial charge in [0.25, 0.3) is 0 Å². The second-order valence-electron chi connectivity index (χ2n) is 9.53. The van der Waals surface area contributed by atoms with Gasteiger partial charge in [-0.3, -0.25) is 0 Å². The van der Waals surface area contributed by atoms with Gasteiger partial charge in [-0.25, -0.2) is 0 Å². The highest BCUT2D eigenvalue weighted by Crippen LogP contribution is 2.14. The average molecular weight is 419 g/mol. The molecule has 0 saturated heterocycles. The molecule has 0 saturated carbocycles. The summed E-state index contributed by atoms with van der Waals surface area (Å²) in [5, 5.41) is 0. The minimum absolute atomic E-state index is 1.12. The molecule has 0 atom stereocenters. The molecule has 0 heterocycles. The number of allylic oxidation sites excluding steroid dienone is 2. The van der Waals surface area contributed by atoms with E-state index in [-0.39, 0.29) is 0 Å². The van der Waals surface area contributed by atoms with E-state index in [9.17, 15) is 0 Å². The monoisotopic (exact) mass is 418 g/mol. The lowest BCUT2D eigenvalue weighted by Gasteiger charge is -2.03. The zero-order valence-corrected chi connectivity index (χ0v) is 21.0. The van der Waals surface area contributed by atoms with Crippen molar-refractivity contribution < 1.29 is 0 Å². The summed E-state index contributed by atoms with van der Waals surface area (Å²) >= 11 is 0. The van der Waals surface area contributed by atoms with Crippen LogP contribution in [0.4, 0.5) is 0 Å². The summed E-state index contributed by atoms with van der Waals surface area (Å²) in [5.74, 6) is 0. The van der Waals surface area contributed by atoms with Gasteiger partial charge in [-0.2, -0.15) is 0 Å². The first-order valence-corrected chi connectivity index (χ1v) is 14.1. The summed E-state index contributed by atoms with van der Waals surface area (Å²) in [4.78, 5) is 0. The molecule has 0 aliphatic heterocycles. The second-order valence-corrected chi connectivity index (χ2v) is 9.53. The Hall–Kier alpha value is -0.260. The van der Waals surface area contributed by atoms with Gasteiger partial charge in [-0.1, -0.05) is 167 Å². The normalized spacial score (nSPS) is 11.7. The third-order valence-electron chi connectivity index (χ3n) is 6.41. The lowest BCUT2D eigenvalue weighted by molar-refractivity contribution is 0.534. The average Bonchev–Trinajstić information content (AvgIpc) is 2.76. The maximum Gasteiger partial charge on any atom is -0.0351 e. The molecule has 0 unspecified atom stereocenters. The molecule has 30 heavy (non-hydrogen) atoms. The van der Waals surface area contributed by atoms with Gasteiger partial charge < -0.3 is 0 Å². The molecule has 0 aliphatic rings. The number of rotatable bonds is 26. The molecular weight excluding hydrogens is 360 g/mol. The van der Waals surface area contributed by atoms with E-state index in [1.165, 1.54) is 154 Å². The van der Waals surface area contributed by atoms with Gasteiger partial charge in [0.2, 0.25) is 0 Å². The predicted octanol–water partition coefficient (Wildman–Crippen LogP) is 11.4. The maximum absolute atomic E-state index is 3.91. The third kappa shape index (κ3) is 27.7. The first-order chi connectivity index (χ1) is 14.9. The van der Waals surface area contributed by atoms with E-state index < -0.39 is 0 Å². The molecule has 0 nitrogen and oxygen atoms in total. The summed E-state index contributed by atoms with van der Waals surface area (Å²) in [7, 11) is 0. The van der Waals surface area contributed by atoms with Crippen LogP contribution in [0, 0.1) is 13.8 Å².